The lowest BCUT2D eigenvalue weighted by Gasteiger charge is -2.25. The smallest absolute Gasteiger partial charge is 0.237 e. The SMILES string of the molecule is COc1ccc(CN(C)[C@@H](C)C(=O)NC2CCCC2)cc1OC. The summed E-state index contributed by atoms with van der Waals surface area (Å²) in [6.07, 6.45) is 4.66. The quantitative estimate of drug-likeness (QED) is 0.839. The summed E-state index contributed by atoms with van der Waals surface area (Å²) in [6.45, 7) is 2.63. The highest BCUT2D eigenvalue weighted by atomic mass is 16.5. The van der Waals surface area contributed by atoms with Gasteiger partial charge in [-0.15, -0.1) is 0 Å². The topological polar surface area (TPSA) is 50.8 Å². The molecule has 0 aliphatic heterocycles. The number of carbonyl (C=O) groups is 1. The summed E-state index contributed by atoms with van der Waals surface area (Å²) in [4.78, 5) is 14.4. The normalized spacial score (nSPS) is 16.4. The second-order valence-corrected chi connectivity index (χ2v) is 6.27. The Morgan fingerprint density at radius 3 is 2.52 bits per heavy atom. The van der Waals surface area contributed by atoms with Crippen molar-refractivity contribution in [1.82, 2.24) is 10.2 Å². The van der Waals surface area contributed by atoms with Crippen LogP contribution in [0.25, 0.3) is 0 Å². The number of nitrogens with zero attached hydrogens (tertiary/aromatic N) is 1. The number of amides is 1. The summed E-state index contributed by atoms with van der Waals surface area (Å²) >= 11 is 0. The van der Waals surface area contributed by atoms with Gasteiger partial charge in [-0.05, 0) is 44.5 Å². The van der Waals surface area contributed by atoms with E-state index in [0.29, 0.717) is 24.1 Å². The molecule has 0 unspecified atom stereocenters. The Labute approximate surface area is 139 Å². The molecular formula is C18H28N2O3. The molecule has 0 radical (unpaired) electrons. The van der Waals surface area contributed by atoms with Gasteiger partial charge in [0.05, 0.1) is 20.3 Å². The van der Waals surface area contributed by atoms with Gasteiger partial charge in [-0.1, -0.05) is 18.9 Å². The van der Waals surface area contributed by atoms with Crippen molar-refractivity contribution in [2.75, 3.05) is 21.3 Å². The second kappa shape index (κ2) is 8.20. The minimum absolute atomic E-state index is 0.111. The number of carbonyl (C=O) groups excluding carboxylic acids is 1. The monoisotopic (exact) mass is 320 g/mol. The molecule has 1 aromatic carbocycles. The Bertz CT molecular complexity index is 527. The van der Waals surface area contributed by atoms with Crippen molar-refractivity contribution in [3.8, 4) is 11.5 Å². The van der Waals surface area contributed by atoms with E-state index in [2.05, 4.69) is 5.32 Å². The molecule has 23 heavy (non-hydrogen) atoms. The predicted octanol–water partition coefficient (Wildman–Crippen LogP) is 2.58. The molecule has 5 heteroatoms. The van der Waals surface area contributed by atoms with Crippen LogP contribution in [0.1, 0.15) is 38.2 Å². The molecule has 0 spiro atoms. The van der Waals surface area contributed by atoms with Crippen molar-refractivity contribution in [3.05, 3.63) is 23.8 Å². The van der Waals surface area contributed by atoms with Gasteiger partial charge in [0.1, 0.15) is 0 Å². The number of hydrogen-bond acceptors (Lipinski definition) is 4. The van der Waals surface area contributed by atoms with Gasteiger partial charge in [-0.2, -0.15) is 0 Å². The lowest BCUT2D eigenvalue weighted by molar-refractivity contribution is -0.126. The van der Waals surface area contributed by atoms with E-state index < -0.39 is 0 Å². The summed E-state index contributed by atoms with van der Waals surface area (Å²) in [5.74, 6) is 1.53. The van der Waals surface area contributed by atoms with Crippen LogP contribution in [0.15, 0.2) is 18.2 Å². The zero-order valence-corrected chi connectivity index (χ0v) is 14.6. The van der Waals surface area contributed by atoms with E-state index in [-0.39, 0.29) is 11.9 Å². The molecule has 1 saturated carbocycles. The van der Waals surface area contributed by atoms with E-state index in [4.69, 9.17) is 9.47 Å². The summed E-state index contributed by atoms with van der Waals surface area (Å²) in [6, 6.07) is 6.05. The number of benzene rings is 1. The first-order valence-corrected chi connectivity index (χ1v) is 8.26. The average molecular weight is 320 g/mol. The molecule has 128 valence electrons. The predicted molar refractivity (Wildman–Crippen MR) is 90.9 cm³/mol. The van der Waals surface area contributed by atoms with E-state index in [0.717, 1.165) is 18.4 Å². The molecule has 1 aliphatic carbocycles. The van der Waals surface area contributed by atoms with Gasteiger partial charge < -0.3 is 14.8 Å². The molecule has 0 saturated heterocycles. The van der Waals surface area contributed by atoms with Gasteiger partial charge in [0, 0.05) is 12.6 Å². The molecule has 0 bridgehead atoms. The highest BCUT2D eigenvalue weighted by molar-refractivity contribution is 5.81. The molecule has 0 aromatic heterocycles. The fraction of sp³-hybridized carbons (Fsp3) is 0.611. The van der Waals surface area contributed by atoms with E-state index in [1.165, 1.54) is 12.8 Å². The molecule has 5 nitrogen and oxygen atoms in total. The van der Waals surface area contributed by atoms with Crippen LogP contribution in [0.5, 0.6) is 11.5 Å². The highest BCUT2D eigenvalue weighted by Gasteiger charge is 2.23. The first kappa shape index (κ1) is 17.6. The minimum atomic E-state index is -0.163. The van der Waals surface area contributed by atoms with E-state index >= 15 is 0 Å². The van der Waals surface area contributed by atoms with Crippen LogP contribution in [-0.4, -0.2) is 44.2 Å². The Kier molecular flexibility index (Phi) is 6.28. The summed E-state index contributed by atoms with van der Waals surface area (Å²) in [5.41, 5.74) is 1.09. The van der Waals surface area contributed by atoms with Gasteiger partial charge in [-0.3, -0.25) is 9.69 Å². The molecule has 1 fully saturated rings. The van der Waals surface area contributed by atoms with Gasteiger partial charge in [-0.25, -0.2) is 0 Å². The molecule has 0 heterocycles. The Morgan fingerprint density at radius 2 is 1.91 bits per heavy atom. The van der Waals surface area contributed by atoms with Gasteiger partial charge in [0.25, 0.3) is 0 Å². The fourth-order valence-corrected chi connectivity index (χ4v) is 3.00. The van der Waals surface area contributed by atoms with Gasteiger partial charge >= 0.3 is 0 Å². The number of likely N-dealkylation sites (N-methyl/N-ethyl adjacent to an activating group) is 1. The standard InChI is InChI=1S/C18H28N2O3/c1-13(18(21)19-15-7-5-6-8-15)20(2)12-14-9-10-16(22-3)17(11-14)23-4/h9-11,13,15H,5-8,12H2,1-4H3,(H,19,21)/t13-/m0/s1. The maximum absolute atomic E-state index is 12.4. The summed E-state index contributed by atoms with van der Waals surface area (Å²) < 4.78 is 10.6. The summed E-state index contributed by atoms with van der Waals surface area (Å²) in [7, 11) is 5.22. The first-order valence-electron chi connectivity index (χ1n) is 8.26. The Hall–Kier alpha value is -1.75. The van der Waals surface area contributed by atoms with Crippen LogP contribution in [0, 0.1) is 0 Å². The molecule has 1 atom stereocenters. The van der Waals surface area contributed by atoms with Crippen LogP contribution >= 0.6 is 0 Å². The number of nitrogens with one attached hydrogen (secondary N) is 1. The number of ether oxygens (including phenoxy) is 2. The molecule has 1 N–H and O–H groups in total. The van der Waals surface area contributed by atoms with E-state index in [9.17, 15) is 4.79 Å². The van der Waals surface area contributed by atoms with Crippen LogP contribution in [0.4, 0.5) is 0 Å². The Morgan fingerprint density at radius 1 is 1.26 bits per heavy atom. The van der Waals surface area contributed by atoms with Crippen LogP contribution < -0.4 is 14.8 Å². The van der Waals surface area contributed by atoms with Crippen LogP contribution in [0.3, 0.4) is 0 Å². The molecule has 1 amide bonds. The lowest BCUT2D eigenvalue weighted by atomic mass is 10.1. The number of rotatable bonds is 7. The number of methoxy groups -OCH3 is 2. The van der Waals surface area contributed by atoms with E-state index in [1.54, 1.807) is 14.2 Å². The lowest BCUT2D eigenvalue weighted by Crippen LogP contribution is -2.46. The van der Waals surface area contributed by atoms with Gasteiger partial charge in [0.15, 0.2) is 11.5 Å². The highest BCUT2D eigenvalue weighted by Crippen LogP contribution is 2.28. The third-order valence-corrected chi connectivity index (χ3v) is 4.62. The van der Waals surface area contributed by atoms with Crippen LogP contribution in [-0.2, 0) is 11.3 Å². The number of hydrogen-bond donors (Lipinski definition) is 1. The fourth-order valence-electron chi connectivity index (χ4n) is 3.00. The maximum atomic E-state index is 12.4. The first-order chi connectivity index (χ1) is 11.0. The van der Waals surface area contributed by atoms with Crippen molar-refractivity contribution < 1.29 is 14.3 Å². The zero-order valence-electron chi connectivity index (χ0n) is 14.6. The van der Waals surface area contributed by atoms with Crippen molar-refractivity contribution in [2.24, 2.45) is 0 Å². The molecular weight excluding hydrogens is 292 g/mol. The molecule has 1 aliphatic rings. The van der Waals surface area contributed by atoms with Crippen LogP contribution in [0.2, 0.25) is 0 Å². The zero-order chi connectivity index (χ0) is 16.8. The minimum Gasteiger partial charge on any atom is -0.493 e. The second-order valence-electron chi connectivity index (χ2n) is 6.27. The van der Waals surface area contributed by atoms with Crippen molar-refractivity contribution in [2.45, 2.75) is 51.2 Å². The van der Waals surface area contributed by atoms with Crippen molar-refractivity contribution >= 4 is 5.91 Å². The largest absolute Gasteiger partial charge is 0.493 e. The molecule has 2 rings (SSSR count). The van der Waals surface area contributed by atoms with Crippen molar-refractivity contribution in [3.63, 3.8) is 0 Å². The third kappa shape index (κ3) is 4.61. The summed E-state index contributed by atoms with van der Waals surface area (Å²) in [5, 5.41) is 3.16. The van der Waals surface area contributed by atoms with Gasteiger partial charge in [0.2, 0.25) is 5.91 Å². The Balaban J connectivity index is 1.94. The third-order valence-electron chi connectivity index (χ3n) is 4.62. The average Bonchev–Trinajstić information content (AvgIpc) is 3.06. The van der Waals surface area contributed by atoms with Crippen molar-refractivity contribution in [1.29, 1.82) is 0 Å². The van der Waals surface area contributed by atoms with E-state index in [1.807, 2.05) is 37.1 Å². The maximum Gasteiger partial charge on any atom is 0.237 e. The molecule has 1 aromatic rings.